The summed E-state index contributed by atoms with van der Waals surface area (Å²) in [5.74, 6) is 1.25. The Morgan fingerprint density at radius 1 is 0.312 bits per heavy atom. The molecule has 10 heteroatoms. The van der Waals surface area contributed by atoms with Crippen LogP contribution in [0.2, 0.25) is 0 Å². The summed E-state index contributed by atoms with van der Waals surface area (Å²) in [7, 11) is 0. The van der Waals surface area contributed by atoms with Crippen molar-refractivity contribution in [2.45, 2.75) is 0 Å². The van der Waals surface area contributed by atoms with Gasteiger partial charge in [-0.15, -0.1) is 0 Å². The quantitative estimate of drug-likeness (QED) is 0.125. The van der Waals surface area contributed by atoms with Crippen molar-refractivity contribution in [1.29, 1.82) is 0 Å². The number of aromatic amines is 2. The summed E-state index contributed by atoms with van der Waals surface area (Å²) in [5.41, 5.74) is 12.6. The van der Waals surface area contributed by atoms with E-state index in [0.29, 0.717) is 28.4 Å². The molecule has 4 aromatic heterocycles. The first-order valence-electron chi connectivity index (χ1n) is 25.9. The third kappa shape index (κ3) is 7.61. The van der Waals surface area contributed by atoms with E-state index >= 15 is 0 Å². The Morgan fingerprint density at radius 3 is 1.35 bits per heavy atom. The topological polar surface area (TPSA) is 126 Å². The molecule has 13 aromatic carbocycles. The van der Waals surface area contributed by atoms with Crippen molar-refractivity contribution in [2.75, 3.05) is 0 Å². The molecule has 0 atom stereocenters. The zero-order chi connectivity index (χ0) is 51.6. The number of oxazole rings is 2. The zero-order valence-corrected chi connectivity index (χ0v) is 43.5. The number of nitrogens with one attached hydrogen (secondary N) is 2. The van der Waals surface area contributed by atoms with Crippen molar-refractivity contribution < 1.29 is 66.7 Å². The van der Waals surface area contributed by atoms with Gasteiger partial charge in [-0.25, -0.2) is 19.9 Å². The van der Waals surface area contributed by atoms with Crippen LogP contribution in [0.5, 0.6) is 11.5 Å². The summed E-state index contributed by atoms with van der Waals surface area (Å²) in [4.78, 5) is 15.7. The molecule has 80 heavy (non-hydrogen) atoms. The van der Waals surface area contributed by atoms with Gasteiger partial charge in [0.1, 0.15) is 11.0 Å². The second-order valence-electron chi connectivity index (χ2n) is 20.0. The maximum atomic E-state index is 13.5. The summed E-state index contributed by atoms with van der Waals surface area (Å²) in [6.07, 6.45) is 3.60. The number of pyridine rings is 2. The van der Waals surface area contributed by atoms with E-state index in [4.69, 9.17) is 13.8 Å². The summed E-state index contributed by atoms with van der Waals surface area (Å²) in [6.45, 7) is 0. The van der Waals surface area contributed by atoms with Crippen LogP contribution in [0.25, 0.3) is 165 Å². The minimum atomic E-state index is -0.00109. The van der Waals surface area contributed by atoms with E-state index in [0.717, 1.165) is 98.7 Å². The number of hydrogen-bond acceptors (Lipinski definition) is 6. The minimum absolute atomic E-state index is 0. The van der Waals surface area contributed by atoms with Crippen LogP contribution in [0, 0.1) is 0 Å². The average Bonchev–Trinajstić information content (AvgIpc) is 4.27. The first kappa shape index (κ1) is 48.8. The summed E-state index contributed by atoms with van der Waals surface area (Å²) in [5, 5.41) is 41.9. The molecule has 0 aliphatic heterocycles. The molecule has 17 rings (SSSR count). The van der Waals surface area contributed by atoms with Gasteiger partial charge in [0, 0.05) is 28.6 Å². The Balaban J connectivity index is 0.000000142. The number of rotatable bonds is 5. The molecular formula is C70H40Li2N4O4+2. The predicted molar refractivity (Wildman–Crippen MR) is 310 cm³/mol. The first-order valence-corrected chi connectivity index (χ1v) is 25.9. The van der Waals surface area contributed by atoms with Gasteiger partial charge < -0.3 is 19.0 Å². The molecule has 4 heterocycles. The number of benzene rings is 13. The fourth-order valence-corrected chi connectivity index (χ4v) is 12.1. The van der Waals surface area contributed by atoms with Gasteiger partial charge >= 0.3 is 37.7 Å². The van der Waals surface area contributed by atoms with Gasteiger partial charge in [-0.1, -0.05) is 146 Å². The molecule has 0 amide bonds. The van der Waals surface area contributed by atoms with Crippen molar-refractivity contribution >= 4 is 109 Å². The van der Waals surface area contributed by atoms with E-state index < -0.39 is 0 Å². The van der Waals surface area contributed by atoms with Crippen LogP contribution in [0.1, 0.15) is 0 Å². The Labute approximate surface area is 480 Å². The van der Waals surface area contributed by atoms with E-state index in [9.17, 15) is 10.2 Å². The third-order valence-electron chi connectivity index (χ3n) is 15.8. The second-order valence-corrected chi connectivity index (χ2v) is 20.0. The van der Waals surface area contributed by atoms with Gasteiger partial charge in [-0.05, 0) is 170 Å². The Bertz CT molecular complexity index is 5200. The van der Waals surface area contributed by atoms with Gasteiger partial charge in [-0.2, -0.15) is 0 Å². The monoisotopic (exact) mass is 1010 g/mol. The molecule has 364 valence electrons. The largest absolute Gasteiger partial charge is 1.00 e. The van der Waals surface area contributed by atoms with E-state index in [1.807, 2.05) is 91.0 Å². The smallest absolute Gasteiger partial charge is 0.868 e. The van der Waals surface area contributed by atoms with Gasteiger partial charge in [0.25, 0.3) is 0 Å². The van der Waals surface area contributed by atoms with Gasteiger partial charge in [-0.3, -0.25) is 0 Å². The molecule has 0 saturated carbocycles. The van der Waals surface area contributed by atoms with Crippen molar-refractivity contribution in [2.24, 2.45) is 0 Å². The van der Waals surface area contributed by atoms with Crippen LogP contribution >= 0.6 is 0 Å². The number of para-hydroxylation sites is 4. The van der Waals surface area contributed by atoms with E-state index in [1.165, 1.54) is 37.9 Å². The Hall–Kier alpha value is -9.51. The van der Waals surface area contributed by atoms with Crippen molar-refractivity contribution in [1.82, 2.24) is 9.97 Å². The van der Waals surface area contributed by atoms with Crippen LogP contribution in [-0.4, -0.2) is 9.97 Å². The Morgan fingerprint density at radius 2 is 0.738 bits per heavy atom. The maximum Gasteiger partial charge on any atom is 1.00 e. The number of nitrogens with zero attached hydrogens (tertiary/aromatic N) is 2. The predicted octanol–water partition coefficient (Wildman–Crippen LogP) is 9.88. The number of H-pyrrole nitrogens is 2. The molecule has 0 aliphatic rings. The van der Waals surface area contributed by atoms with Crippen LogP contribution in [0.3, 0.4) is 0 Å². The number of aromatic nitrogens is 4. The maximum absolute atomic E-state index is 13.5. The van der Waals surface area contributed by atoms with E-state index in [1.54, 1.807) is 18.5 Å². The molecule has 0 spiro atoms. The van der Waals surface area contributed by atoms with Gasteiger partial charge in [0.2, 0.25) is 22.8 Å². The molecule has 0 radical (unpaired) electrons. The minimum Gasteiger partial charge on any atom is -0.868 e. The molecular weight excluding hydrogens is 975 g/mol. The number of hydrogen-bond donors (Lipinski definition) is 0. The van der Waals surface area contributed by atoms with E-state index in [2.05, 4.69) is 136 Å². The first-order chi connectivity index (χ1) is 38.5. The molecule has 8 nitrogen and oxygen atoms in total. The van der Waals surface area contributed by atoms with Gasteiger partial charge in [0.05, 0.1) is 5.39 Å². The van der Waals surface area contributed by atoms with Crippen molar-refractivity contribution in [3.8, 4) is 67.8 Å². The number of fused-ring (bicyclic) bond motifs is 4. The average molecular weight is 1010 g/mol. The van der Waals surface area contributed by atoms with Gasteiger partial charge in [0.15, 0.2) is 23.6 Å². The normalized spacial score (nSPS) is 11.7. The summed E-state index contributed by atoms with van der Waals surface area (Å²) >= 11 is 0. The molecule has 0 bridgehead atoms. The molecule has 0 aliphatic carbocycles. The van der Waals surface area contributed by atoms with Crippen LogP contribution in [-0.2, 0) is 0 Å². The molecule has 2 N–H and O–H groups in total. The molecule has 17 aromatic rings. The second kappa shape index (κ2) is 19.1. The van der Waals surface area contributed by atoms with Crippen LogP contribution < -0.4 is 57.9 Å². The summed E-state index contributed by atoms with van der Waals surface area (Å²) < 4.78 is 12.1. The fourth-order valence-electron chi connectivity index (χ4n) is 12.1. The van der Waals surface area contributed by atoms with Crippen molar-refractivity contribution in [3.05, 3.63) is 231 Å². The SMILES string of the molecule is [Li+].[Li+].[O-]c1c(-c2ccc3ccc4c(-c5nc6ccccc6o5)ccc5ccc2c3c54)ccc2ccc[nH+]c12.[O-]c1ccc(-c2ccc3ccc4c(-c5ccc(-c6nc7ccccc7o6)cc5)ccc5ccc2c3c54)c2ccc[nH+]c12. The van der Waals surface area contributed by atoms with Crippen molar-refractivity contribution in [3.63, 3.8) is 0 Å². The van der Waals surface area contributed by atoms with E-state index in [-0.39, 0.29) is 49.2 Å². The molecule has 0 unspecified atom stereocenters. The van der Waals surface area contributed by atoms with Crippen LogP contribution in [0.15, 0.2) is 240 Å². The molecule has 0 fully saturated rings. The summed E-state index contributed by atoms with van der Waals surface area (Å²) in [6, 6.07) is 74.2. The zero-order valence-electron chi connectivity index (χ0n) is 43.5. The standard InChI is InChI=1S/C38H22N2O2.C32H18N2O2.2Li/c41-33-20-19-28(31-4-3-21-39-37(31)33)27-16-12-24-13-17-29-26(15-11-23-14-18-30(27)36(24)35(23)29)22-7-9-25(10-8-22)38-40-32-5-1-2-6-34(32)42-38;35-31-24(15-11-20-4-3-17-33-30(20)31)21-12-7-18-9-14-23-25(32-34-26-5-1-2-6-27(26)36-32)16-10-19-8-13-22(21)28(18)29(19)23;;/h1-21,41H;1-17,35H;;/q;;2*+1. The fraction of sp³-hybridized carbons (Fsp3) is 0. The molecule has 0 saturated heterocycles. The third-order valence-corrected chi connectivity index (χ3v) is 15.8. The van der Waals surface area contributed by atoms with Crippen LogP contribution in [0.4, 0.5) is 0 Å². The Kier molecular flexibility index (Phi) is 11.7.